The molecule has 6 nitrogen and oxygen atoms in total. The molecule has 0 aromatic carbocycles. The van der Waals surface area contributed by atoms with Crippen LogP contribution >= 0.6 is 23.2 Å². The van der Waals surface area contributed by atoms with Gasteiger partial charge in [0.05, 0.1) is 6.07 Å². The third-order valence-corrected chi connectivity index (χ3v) is 3.06. The van der Waals surface area contributed by atoms with Gasteiger partial charge in [0, 0.05) is 19.1 Å². The Morgan fingerprint density at radius 2 is 1.70 bits per heavy atom. The van der Waals surface area contributed by atoms with Crippen LogP contribution in [0.1, 0.15) is 39.5 Å². The number of nitriles is 1. The van der Waals surface area contributed by atoms with Crippen LogP contribution in [-0.4, -0.2) is 27.8 Å². The van der Waals surface area contributed by atoms with Gasteiger partial charge in [0.25, 0.3) is 0 Å². The van der Waals surface area contributed by atoms with Crippen LogP contribution in [-0.2, 0) is 9.59 Å². The summed E-state index contributed by atoms with van der Waals surface area (Å²) in [5.74, 6) is 0. The first kappa shape index (κ1) is 18.7. The molecule has 110 valence electrons. The maximum Gasteiger partial charge on any atom is 0.221 e. The lowest BCUT2D eigenvalue weighted by molar-refractivity contribution is -0.112. The average molecular weight is 319 g/mol. The van der Waals surface area contributed by atoms with Crippen molar-refractivity contribution in [2.24, 2.45) is 10.2 Å². The maximum atomic E-state index is 10.8. The first-order valence-corrected chi connectivity index (χ1v) is 6.65. The molecule has 2 unspecified atom stereocenters. The van der Waals surface area contributed by atoms with Gasteiger partial charge in [-0.3, -0.25) is 9.59 Å². The molecule has 0 bridgehead atoms. The Morgan fingerprint density at radius 3 is 2.10 bits per heavy atom. The highest BCUT2D eigenvalue weighted by Crippen LogP contribution is 2.23. The van der Waals surface area contributed by atoms with E-state index < -0.39 is 21.6 Å². The predicted molar refractivity (Wildman–Crippen MR) is 76.3 cm³/mol. The molecule has 0 heterocycles. The second kappa shape index (κ2) is 8.08. The van der Waals surface area contributed by atoms with Crippen LogP contribution in [0.3, 0.4) is 0 Å². The lowest BCUT2D eigenvalue weighted by atomic mass is 9.98. The Balaban J connectivity index is 4.90. The minimum atomic E-state index is -1.19. The third kappa shape index (κ3) is 7.31. The van der Waals surface area contributed by atoms with Gasteiger partial charge in [-0.1, -0.05) is 0 Å². The third-order valence-electron chi connectivity index (χ3n) is 2.69. The first-order chi connectivity index (χ1) is 9.16. The van der Waals surface area contributed by atoms with Crippen molar-refractivity contribution in [3.05, 3.63) is 0 Å². The van der Waals surface area contributed by atoms with E-state index in [1.165, 1.54) is 6.92 Å². The molecule has 0 aromatic rings. The van der Waals surface area contributed by atoms with Crippen molar-refractivity contribution in [3.63, 3.8) is 0 Å². The van der Waals surface area contributed by atoms with Gasteiger partial charge >= 0.3 is 0 Å². The van der Waals surface area contributed by atoms with Crippen LogP contribution in [0.5, 0.6) is 0 Å². The summed E-state index contributed by atoms with van der Waals surface area (Å²) in [6.45, 7) is 3.13. The van der Waals surface area contributed by atoms with Crippen molar-refractivity contribution in [3.8, 4) is 6.07 Å². The molecule has 8 heteroatoms. The van der Waals surface area contributed by atoms with E-state index in [0.29, 0.717) is 0 Å². The molecule has 0 spiro atoms. The van der Waals surface area contributed by atoms with Gasteiger partial charge in [0.1, 0.15) is 5.54 Å². The fourth-order valence-electron chi connectivity index (χ4n) is 1.20. The number of carbonyl (C=O) groups is 2. The number of azo groups is 1. The highest BCUT2D eigenvalue weighted by atomic mass is 35.5. The van der Waals surface area contributed by atoms with E-state index in [0.717, 1.165) is 6.21 Å². The van der Waals surface area contributed by atoms with Gasteiger partial charge in [-0.2, -0.15) is 15.5 Å². The van der Waals surface area contributed by atoms with Crippen LogP contribution < -0.4 is 0 Å². The van der Waals surface area contributed by atoms with Crippen molar-refractivity contribution in [1.29, 1.82) is 10.7 Å². The number of carbonyl (C=O) groups excluding carboxylic acids is 2. The second-order valence-corrected chi connectivity index (χ2v) is 5.64. The van der Waals surface area contributed by atoms with E-state index in [9.17, 15) is 9.59 Å². The highest BCUT2D eigenvalue weighted by molar-refractivity contribution is 6.63. The lowest BCUT2D eigenvalue weighted by Crippen LogP contribution is -2.27. The molecule has 2 atom stereocenters. The number of nitrogens with one attached hydrogen (secondary N) is 1. The van der Waals surface area contributed by atoms with Crippen LogP contribution in [0.4, 0.5) is 0 Å². The van der Waals surface area contributed by atoms with Crippen LogP contribution in [0.25, 0.3) is 0 Å². The fourth-order valence-corrected chi connectivity index (χ4v) is 1.39. The van der Waals surface area contributed by atoms with Gasteiger partial charge in [-0.25, -0.2) is 0 Å². The maximum absolute atomic E-state index is 10.8. The van der Waals surface area contributed by atoms with Crippen molar-refractivity contribution >= 4 is 39.9 Å². The molecule has 0 aliphatic carbocycles. The van der Waals surface area contributed by atoms with E-state index in [1.807, 2.05) is 6.07 Å². The smallest absolute Gasteiger partial charge is 0.221 e. The summed E-state index contributed by atoms with van der Waals surface area (Å²) in [6, 6.07) is 1.96. The normalized spacial score (nSPS) is 16.9. The molecule has 0 amide bonds. The van der Waals surface area contributed by atoms with E-state index in [4.69, 9.17) is 33.9 Å². The quantitative estimate of drug-likeness (QED) is 0.400. The zero-order valence-electron chi connectivity index (χ0n) is 11.3. The summed E-state index contributed by atoms with van der Waals surface area (Å²) in [4.78, 5) is 21.5. The van der Waals surface area contributed by atoms with Gasteiger partial charge in [-0.15, -0.1) is 0 Å². The molecule has 1 N–H and O–H groups in total. The van der Waals surface area contributed by atoms with E-state index >= 15 is 0 Å². The van der Waals surface area contributed by atoms with Crippen molar-refractivity contribution in [2.75, 3.05) is 0 Å². The minimum Gasteiger partial charge on any atom is -0.310 e. The molecule has 0 aliphatic rings. The predicted octanol–water partition coefficient (Wildman–Crippen LogP) is 3.22. The summed E-state index contributed by atoms with van der Waals surface area (Å²) in [6.07, 6.45) is 1.46. The van der Waals surface area contributed by atoms with Gasteiger partial charge in [0.2, 0.25) is 10.5 Å². The van der Waals surface area contributed by atoms with Gasteiger partial charge in [-0.05, 0) is 49.9 Å². The number of rotatable bonds is 9. The number of halogens is 2. The Morgan fingerprint density at radius 1 is 1.20 bits per heavy atom. The number of hydrogen-bond donors (Lipinski definition) is 1. The lowest BCUT2D eigenvalue weighted by Gasteiger charge is -2.20. The standard InChI is InChI=1S/C12H16Cl2N4O2/c1-11(7-15,5-3-9(13)19)17-18-12(2,8-16)6-4-10(14)20/h7,15H,3-6H2,1-2H3. The molecule has 0 fully saturated rings. The molecule has 0 saturated heterocycles. The number of hydrogen-bond acceptors (Lipinski definition) is 6. The van der Waals surface area contributed by atoms with E-state index in [-0.39, 0.29) is 25.7 Å². The SMILES string of the molecule is CC(C#N)(CCC(=O)Cl)N=NC(C)(C=N)CCC(=O)Cl. The zero-order chi connectivity index (χ0) is 15.8. The molecular formula is C12H16Cl2N4O2. The Hall–Kier alpha value is -1.32. The molecular weight excluding hydrogens is 303 g/mol. The van der Waals surface area contributed by atoms with Crippen molar-refractivity contribution in [1.82, 2.24) is 0 Å². The Kier molecular flexibility index (Phi) is 7.54. The zero-order valence-corrected chi connectivity index (χ0v) is 12.8. The summed E-state index contributed by atoms with van der Waals surface area (Å²) in [5.41, 5.74) is -2.20. The summed E-state index contributed by atoms with van der Waals surface area (Å²) < 4.78 is 0. The van der Waals surface area contributed by atoms with Crippen LogP contribution in [0, 0.1) is 16.7 Å². The first-order valence-electron chi connectivity index (χ1n) is 5.90. The summed E-state index contributed by atoms with van der Waals surface area (Å²) >= 11 is 10.5. The molecule has 0 rings (SSSR count). The van der Waals surface area contributed by atoms with Crippen molar-refractivity contribution < 1.29 is 9.59 Å². The summed E-state index contributed by atoms with van der Waals surface area (Å²) in [5, 5.41) is 23.2. The van der Waals surface area contributed by atoms with Crippen molar-refractivity contribution in [2.45, 2.75) is 50.6 Å². The minimum absolute atomic E-state index is 0.00606. The number of nitrogens with zero attached hydrogens (tertiary/aromatic N) is 3. The van der Waals surface area contributed by atoms with E-state index in [2.05, 4.69) is 10.2 Å². The topological polar surface area (TPSA) is 106 Å². The second-order valence-electron chi connectivity index (χ2n) is 4.80. The average Bonchev–Trinajstić information content (AvgIpc) is 2.41. The van der Waals surface area contributed by atoms with Crippen LogP contribution in [0.2, 0.25) is 0 Å². The largest absolute Gasteiger partial charge is 0.310 e. The Labute approximate surface area is 127 Å². The molecule has 0 radical (unpaired) electrons. The van der Waals surface area contributed by atoms with Crippen LogP contribution in [0.15, 0.2) is 10.2 Å². The molecule has 0 aliphatic heterocycles. The fraction of sp³-hybridized carbons (Fsp3) is 0.667. The Bertz CT molecular complexity index is 461. The molecule has 0 saturated carbocycles. The van der Waals surface area contributed by atoms with Gasteiger partial charge in [0.15, 0.2) is 5.54 Å². The monoisotopic (exact) mass is 318 g/mol. The molecule has 20 heavy (non-hydrogen) atoms. The van der Waals surface area contributed by atoms with Gasteiger partial charge < -0.3 is 5.41 Å². The molecule has 0 aromatic heterocycles. The summed E-state index contributed by atoms with van der Waals surface area (Å²) in [7, 11) is 0. The van der Waals surface area contributed by atoms with E-state index in [1.54, 1.807) is 6.92 Å². The highest BCUT2D eigenvalue weighted by Gasteiger charge is 2.27.